The molecule has 4 aromatic rings. The summed E-state index contributed by atoms with van der Waals surface area (Å²) >= 11 is 2.00. The van der Waals surface area contributed by atoms with Crippen LogP contribution in [-0.2, 0) is 23.4 Å². The van der Waals surface area contributed by atoms with E-state index < -0.39 is 37.7 Å². The molecule has 2 aromatic carbocycles. The molecule has 14 nitrogen and oxygen atoms in total. The second-order valence-electron chi connectivity index (χ2n) is 10.6. The number of anilines is 1. The Morgan fingerprint density at radius 3 is 2.77 bits per heavy atom. The number of fused-ring (bicyclic) bond motifs is 2. The van der Waals surface area contributed by atoms with Gasteiger partial charge in [0.25, 0.3) is 0 Å². The highest BCUT2D eigenvalue weighted by Gasteiger charge is 2.48. The van der Waals surface area contributed by atoms with E-state index in [4.69, 9.17) is 29.0 Å². The topological polar surface area (TPSA) is 182 Å². The van der Waals surface area contributed by atoms with Gasteiger partial charge in [-0.15, -0.1) is 0 Å². The van der Waals surface area contributed by atoms with Crippen LogP contribution in [0.5, 0.6) is 11.6 Å². The van der Waals surface area contributed by atoms with Crippen molar-refractivity contribution in [2.75, 3.05) is 26.1 Å². The number of ether oxygens (including phenoxy) is 3. The summed E-state index contributed by atoms with van der Waals surface area (Å²) in [6.45, 7) is 4.97. The minimum Gasteiger partial charge on any atom is -0.479 e. The van der Waals surface area contributed by atoms with Crippen molar-refractivity contribution in [3.8, 4) is 11.6 Å². The van der Waals surface area contributed by atoms with Crippen molar-refractivity contribution in [1.82, 2.24) is 24.6 Å². The number of aromatic nitrogens is 4. The quantitative estimate of drug-likeness (QED) is 0.0808. The van der Waals surface area contributed by atoms with E-state index in [1.165, 1.54) is 14.0 Å². The molecule has 0 amide bonds. The average Bonchev–Trinajstić information content (AvgIpc) is 3.47. The molecular weight excluding hydrogens is 706 g/mol. The SMILES string of the molecule is CCCOC(=O)[C@H](C)NP(=O)(OC[C@@H]1C[C@@](C)(O)[C@H](n2c(I)nc3c(OC)nc(N)nc32)O1)Oc1cccc2ccccc12. The lowest BCUT2D eigenvalue weighted by Gasteiger charge is -2.25. The number of benzene rings is 2. The van der Waals surface area contributed by atoms with Crippen LogP contribution in [0.2, 0.25) is 0 Å². The van der Waals surface area contributed by atoms with Gasteiger partial charge in [-0.1, -0.05) is 43.3 Å². The third-order valence-corrected chi connectivity index (χ3v) is 9.35. The van der Waals surface area contributed by atoms with Crippen molar-refractivity contribution in [2.24, 2.45) is 0 Å². The molecule has 3 heterocycles. The Balaban J connectivity index is 1.40. The minimum absolute atomic E-state index is 0.0337. The molecule has 1 unspecified atom stereocenters. The molecule has 1 saturated heterocycles. The maximum atomic E-state index is 14.2. The lowest BCUT2D eigenvalue weighted by molar-refractivity contribution is -0.145. The number of hydrogen-bond donors (Lipinski definition) is 3. The van der Waals surface area contributed by atoms with Crippen LogP contribution in [0.4, 0.5) is 5.95 Å². The Morgan fingerprint density at radius 2 is 2.02 bits per heavy atom. The lowest BCUT2D eigenvalue weighted by Crippen LogP contribution is -2.36. The van der Waals surface area contributed by atoms with Gasteiger partial charge in [0.2, 0.25) is 11.8 Å². The Labute approximate surface area is 267 Å². The number of nitrogen functional groups attached to an aromatic ring is 1. The minimum atomic E-state index is -4.21. The first-order valence-electron chi connectivity index (χ1n) is 13.9. The summed E-state index contributed by atoms with van der Waals surface area (Å²) < 4.78 is 45.0. The Kier molecular flexibility index (Phi) is 9.63. The zero-order valence-corrected chi connectivity index (χ0v) is 27.7. The smallest absolute Gasteiger partial charge is 0.459 e. The Bertz CT molecular complexity index is 1710. The van der Waals surface area contributed by atoms with E-state index in [0.29, 0.717) is 32.6 Å². The maximum Gasteiger partial charge on any atom is 0.459 e. The van der Waals surface area contributed by atoms with Gasteiger partial charge in [0.05, 0.1) is 26.4 Å². The summed E-state index contributed by atoms with van der Waals surface area (Å²) in [6.07, 6.45) is -0.956. The van der Waals surface area contributed by atoms with E-state index in [-0.39, 0.29) is 31.5 Å². The van der Waals surface area contributed by atoms with Gasteiger partial charge in [-0.3, -0.25) is 13.9 Å². The van der Waals surface area contributed by atoms with Gasteiger partial charge in [-0.25, -0.2) is 9.55 Å². The van der Waals surface area contributed by atoms with Crippen molar-refractivity contribution in [3.63, 3.8) is 0 Å². The Hall–Kier alpha value is -3.08. The van der Waals surface area contributed by atoms with Crippen LogP contribution in [0.15, 0.2) is 42.5 Å². The van der Waals surface area contributed by atoms with Gasteiger partial charge >= 0.3 is 13.7 Å². The van der Waals surface area contributed by atoms with Crippen molar-refractivity contribution in [2.45, 2.75) is 57.6 Å². The standard InChI is InChI=1S/C28H34IN6O8P/c1-5-13-40-24(36)16(2)34-44(38,43-20-12-8-10-17-9-6-7-11-19(17)20)41-15-18-14-28(3,37)25(42-18)35-22-21(31-26(35)29)23(39-4)33-27(30)32-22/h6-12,16,18,25,37H,5,13-15H2,1-4H3,(H,34,38)(H2,30,32,33)/t16-,18-,25+,28+,44?/m0/s1. The number of imidazole rings is 1. The van der Waals surface area contributed by atoms with E-state index in [0.717, 1.165) is 5.39 Å². The molecule has 1 fully saturated rings. The molecule has 1 aliphatic rings. The molecule has 44 heavy (non-hydrogen) atoms. The van der Waals surface area contributed by atoms with Gasteiger partial charge in [0.1, 0.15) is 17.4 Å². The Morgan fingerprint density at radius 1 is 1.27 bits per heavy atom. The normalized spacial score (nSPS) is 22.1. The number of aliphatic hydroxyl groups is 1. The molecule has 16 heteroatoms. The molecule has 5 atom stereocenters. The zero-order valence-electron chi connectivity index (χ0n) is 24.6. The summed E-state index contributed by atoms with van der Waals surface area (Å²) in [5.74, 6) is -0.147. The van der Waals surface area contributed by atoms with Gasteiger partial charge in [-0.05, 0) is 31.7 Å². The lowest BCUT2D eigenvalue weighted by atomic mass is 10.0. The second-order valence-corrected chi connectivity index (χ2v) is 13.2. The van der Waals surface area contributed by atoms with E-state index in [2.05, 4.69) is 20.0 Å². The highest BCUT2D eigenvalue weighted by atomic mass is 127. The molecule has 236 valence electrons. The predicted octanol–water partition coefficient (Wildman–Crippen LogP) is 4.35. The number of methoxy groups -OCH3 is 1. The molecule has 5 rings (SSSR count). The van der Waals surface area contributed by atoms with E-state index in [1.807, 2.05) is 59.8 Å². The van der Waals surface area contributed by atoms with E-state index in [9.17, 15) is 14.5 Å². The van der Waals surface area contributed by atoms with E-state index >= 15 is 0 Å². The molecule has 0 saturated carbocycles. The van der Waals surface area contributed by atoms with Crippen LogP contribution in [-0.4, -0.2) is 68.7 Å². The molecular formula is C28H34IN6O8P. The summed E-state index contributed by atoms with van der Waals surface area (Å²) in [6, 6.07) is 11.8. The number of carbonyl (C=O) groups excluding carboxylic acids is 1. The highest BCUT2D eigenvalue weighted by molar-refractivity contribution is 14.1. The first-order valence-corrected chi connectivity index (χ1v) is 16.6. The number of rotatable bonds is 12. The monoisotopic (exact) mass is 740 g/mol. The van der Waals surface area contributed by atoms with Crippen LogP contribution in [0.3, 0.4) is 0 Å². The fraction of sp³-hybridized carbons (Fsp3) is 0.429. The van der Waals surface area contributed by atoms with Crippen LogP contribution >= 0.6 is 30.3 Å². The van der Waals surface area contributed by atoms with Crippen LogP contribution in [0.25, 0.3) is 21.9 Å². The van der Waals surface area contributed by atoms with Crippen LogP contribution in [0.1, 0.15) is 39.8 Å². The predicted molar refractivity (Wildman–Crippen MR) is 170 cm³/mol. The number of hydrogen-bond acceptors (Lipinski definition) is 12. The molecule has 0 bridgehead atoms. The number of halogens is 1. The number of nitrogens with one attached hydrogen (secondary N) is 1. The summed E-state index contributed by atoms with van der Waals surface area (Å²) in [7, 11) is -2.77. The average molecular weight is 740 g/mol. The third-order valence-electron chi connectivity index (χ3n) is 6.96. The number of esters is 1. The first kappa shape index (κ1) is 32.3. The molecule has 2 aromatic heterocycles. The zero-order chi connectivity index (χ0) is 31.6. The number of carbonyl (C=O) groups is 1. The first-order chi connectivity index (χ1) is 20.9. The van der Waals surface area contributed by atoms with Gasteiger partial charge in [-0.2, -0.15) is 15.1 Å². The molecule has 0 radical (unpaired) electrons. The van der Waals surface area contributed by atoms with Crippen LogP contribution < -0.4 is 20.1 Å². The second kappa shape index (κ2) is 13.1. The van der Waals surface area contributed by atoms with Gasteiger partial charge in [0, 0.05) is 34.4 Å². The third kappa shape index (κ3) is 6.77. The number of nitrogens with zero attached hydrogens (tertiary/aromatic N) is 4. The highest BCUT2D eigenvalue weighted by Crippen LogP contribution is 2.48. The van der Waals surface area contributed by atoms with Gasteiger partial charge < -0.3 is 29.6 Å². The summed E-state index contributed by atoms with van der Waals surface area (Å²) in [5, 5.41) is 15.7. The van der Waals surface area contributed by atoms with Crippen molar-refractivity contribution >= 4 is 64.2 Å². The fourth-order valence-electron chi connectivity index (χ4n) is 4.96. The van der Waals surface area contributed by atoms with E-state index in [1.54, 1.807) is 23.6 Å². The fourth-order valence-corrected chi connectivity index (χ4v) is 7.22. The van der Waals surface area contributed by atoms with Crippen molar-refractivity contribution in [3.05, 3.63) is 46.3 Å². The molecule has 0 spiro atoms. The summed E-state index contributed by atoms with van der Waals surface area (Å²) in [5.41, 5.74) is 5.15. The molecule has 1 aliphatic heterocycles. The van der Waals surface area contributed by atoms with Crippen molar-refractivity contribution in [1.29, 1.82) is 0 Å². The number of nitrogens with two attached hydrogens (primary N) is 1. The summed E-state index contributed by atoms with van der Waals surface area (Å²) in [4.78, 5) is 25.4. The van der Waals surface area contributed by atoms with Gasteiger partial charge in [0.15, 0.2) is 21.2 Å². The molecule has 4 N–H and O–H groups in total. The van der Waals surface area contributed by atoms with Crippen LogP contribution in [0, 0.1) is 3.83 Å². The largest absolute Gasteiger partial charge is 0.479 e. The maximum absolute atomic E-state index is 14.2. The molecule has 0 aliphatic carbocycles. The van der Waals surface area contributed by atoms with Crippen molar-refractivity contribution < 1.29 is 37.7 Å².